The Bertz CT molecular complexity index is 605. The summed E-state index contributed by atoms with van der Waals surface area (Å²) in [7, 11) is 0. The van der Waals surface area contributed by atoms with Crippen molar-refractivity contribution in [3.05, 3.63) is 71.2 Å². The molecule has 1 atom stereocenters. The lowest BCUT2D eigenvalue weighted by Gasteiger charge is -2.26. The number of hydrogen-bond donors (Lipinski definition) is 2. The molecular weight excluding hydrogens is 224 g/mol. The van der Waals surface area contributed by atoms with E-state index in [1.165, 1.54) is 0 Å². The second kappa shape index (κ2) is 4.18. The van der Waals surface area contributed by atoms with Gasteiger partial charge in [-0.2, -0.15) is 0 Å². The lowest BCUT2D eigenvalue weighted by Crippen LogP contribution is -2.16. The van der Waals surface area contributed by atoms with Gasteiger partial charge in [0.2, 0.25) is 0 Å². The third kappa shape index (κ3) is 1.64. The zero-order chi connectivity index (χ0) is 12.5. The first-order valence-electron chi connectivity index (χ1n) is 5.94. The molecule has 0 amide bonds. The van der Waals surface area contributed by atoms with Crippen molar-refractivity contribution in [2.24, 2.45) is 5.73 Å². The summed E-state index contributed by atoms with van der Waals surface area (Å²) in [5.41, 5.74) is 9.54. The number of nitrogens with zero attached hydrogens (tertiary/aromatic N) is 1. The number of pyridine rings is 1. The maximum atomic E-state index is 10.0. The minimum atomic E-state index is 0.172. The molecule has 3 rings (SSSR count). The van der Waals surface area contributed by atoms with Crippen LogP contribution >= 0.6 is 0 Å². The number of aliphatic hydroxyl groups excluding tert-OH is 1. The molecule has 1 aliphatic rings. The van der Waals surface area contributed by atoms with Crippen LogP contribution in [0.4, 0.5) is 0 Å². The average molecular weight is 238 g/mol. The summed E-state index contributed by atoms with van der Waals surface area (Å²) < 4.78 is 0. The molecule has 0 bridgehead atoms. The maximum absolute atomic E-state index is 10.0. The first-order valence-corrected chi connectivity index (χ1v) is 5.94. The molecule has 1 aromatic heterocycles. The minimum absolute atomic E-state index is 0.172. The molecule has 3 heteroatoms. The van der Waals surface area contributed by atoms with Gasteiger partial charge in [0.25, 0.3) is 0 Å². The van der Waals surface area contributed by atoms with E-state index in [2.05, 4.69) is 4.98 Å². The Labute approximate surface area is 106 Å². The Morgan fingerprint density at radius 3 is 2.78 bits per heavy atom. The lowest BCUT2D eigenvalue weighted by atomic mass is 9.81. The molecule has 3 nitrogen and oxygen atoms in total. The van der Waals surface area contributed by atoms with Crippen molar-refractivity contribution in [2.45, 2.75) is 12.3 Å². The van der Waals surface area contributed by atoms with Crippen molar-refractivity contribution in [1.82, 2.24) is 4.98 Å². The average Bonchev–Trinajstić information content (AvgIpc) is 2.44. The fraction of sp³-hybridized carbons (Fsp3) is 0.133. The van der Waals surface area contributed by atoms with Crippen LogP contribution in [0.25, 0.3) is 5.76 Å². The van der Waals surface area contributed by atoms with E-state index in [9.17, 15) is 5.11 Å². The van der Waals surface area contributed by atoms with Crippen LogP contribution in [-0.2, 0) is 0 Å². The molecule has 0 radical (unpaired) electrons. The molecule has 0 aliphatic heterocycles. The molecule has 90 valence electrons. The fourth-order valence-corrected chi connectivity index (χ4v) is 2.50. The van der Waals surface area contributed by atoms with E-state index in [1.807, 2.05) is 42.6 Å². The van der Waals surface area contributed by atoms with Crippen LogP contribution in [-0.4, -0.2) is 10.1 Å². The number of rotatable bonds is 1. The maximum Gasteiger partial charge on any atom is 0.141 e. The topological polar surface area (TPSA) is 59.1 Å². The fourth-order valence-electron chi connectivity index (χ4n) is 2.50. The molecule has 0 saturated heterocycles. The SMILES string of the molecule is NC1=C(O)c2ccccc2C(c2cccnc2)C1. The number of allylic oxidation sites excluding steroid dienone is 1. The summed E-state index contributed by atoms with van der Waals surface area (Å²) in [5.74, 6) is 0.386. The van der Waals surface area contributed by atoms with Crippen molar-refractivity contribution in [3.8, 4) is 0 Å². The zero-order valence-electron chi connectivity index (χ0n) is 9.88. The molecule has 1 heterocycles. The molecule has 0 spiro atoms. The number of benzene rings is 1. The van der Waals surface area contributed by atoms with Crippen LogP contribution in [0.15, 0.2) is 54.5 Å². The standard InChI is InChI=1S/C15H14N2O/c16-14-8-13(10-4-3-7-17-9-10)11-5-1-2-6-12(11)15(14)18/h1-7,9,13,18H,8,16H2. The van der Waals surface area contributed by atoms with E-state index in [1.54, 1.807) is 6.20 Å². The third-order valence-corrected chi connectivity index (χ3v) is 3.41. The minimum Gasteiger partial charge on any atom is -0.506 e. The first kappa shape index (κ1) is 10.8. The lowest BCUT2D eigenvalue weighted by molar-refractivity contribution is 0.493. The molecule has 2 aromatic rings. The van der Waals surface area contributed by atoms with Gasteiger partial charge in [0.15, 0.2) is 0 Å². The van der Waals surface area contributed by atoms with E-state index in [0.29, 0.717) is 12.1 Å². The molecule has 3 N–H and O–H groups in total. The smallest absolute Gasteiger partial charge is 0.141 e. The van der Waals surface area contributed by atoms with Crippen LogP contribution in [0.2, 0.25) is 0 Å². The van der Waals surface area contributed by atoms with Crippen LogP contribution < -0.4 is 5.73 Å². The number of aliphatic hydroxyl groups is 1. The third-order valence-electron chi connectivity index (χ3n) is 3.41. The molecule has 1 aliphatic carbocycles. The highest BCUT2D eigenvalue weighted by Gasteiger charge is 2.26. The van der Waals surface area contributed by atoms with Gasteiger partial charge >= 0.3 is 0 Å². The van der Waals surface area contributed by atoms with Gasteiger partial charge in [-0.05, 0) is 17.2 Å². The highest BCUT2D eigenvalue weighted by molar-refractivity contribution is 5.68. The Balaban J connectivity index is 2.15. The van der Waals surface area contributed by atoms with E-state index < -0.39 is 0 Å². The summed E-state index contributed by atoms with van der Waals surface area (Å²) in [6.45, 7) is 0. The van der Waals surface area contributed by atoms with Crippen LogP contribution in [0.5, 0.6) is 0 Å². The summed E-state index contributed by atoms with van der Waals surface area (Å²) in [4.78, 5) is 4.16. The van der Waals surface area contributed by atoms with Gasteiger partial charge in [-0.3, -0.25) is 4.98 Å². The second-order valence-electron chi connectivity index (χ2n) is 4.50. The van der Waals surface area contributed by atoms with Gasteiger partial charge in [-0.25, -0.2) is 0 Å². The highest BCUT2D eigenvalue weighted by Crippen LogP contribution is 2.39. The Morgan fingerprint density at radius 1 is 1.17 bits per heavy atom. The number of aromatic nitrogens is 1. The quantitative estimate of drug-likeness (QED) is 0.803. The van der Waals surface area contributed by atoms with Crippen molar-refractivity contribution in [1.29, 1.82) is 0 Å². The summed E-state index contributed by atoms with van der Waals surface area (Å²) in [6, 6.07) is 11.8. The molecule has 0 saturated carbocycles. The van der Waals surface area contributed by atoms with Gasteiger partial charge in [-0.15, -0.1) is 0 Å². The zero-order valence-corrected chi connectivity index (χ0v) is 9.88. The van der Waals surface area contributed by atoms with E-state index in [4.69, 9.17) is 5.73 Å². The number of hydrogen-bond acceptors (Lipinski definition) is 3. The summed E-state index contributed by atoms with van der Waals surface area (Å²) in [6.07, 6.45) is 4.25. The predicted octanol–water partition coefficient (Wildman–Crippen LogP) is 2.80. The number of nitrogens with two attached hydrogens (primary N) is 1. The van der Waals surface area contributed by atoms with Gasteiger partial charge in [0.1, 0.15) is 5.76 Å². The van der Waals surface area contributed by atoms with E-state index in [-0.39, 0.29) is 11.7 Å². The van der Waals surface area contributed by atoms with Gasteiger partial charge in [0.05, 0.1) is 5.70 Å². The molecular formula is C15H14N2O. The van der Waals surface area contributed by atoms with Gasteiger partial charge < -0.3 is 10.8 Å². The number of fused-ring (bicyclic) bond motifs is 1. The largest absolute Gasteiger partial charge is 0.506 e. The predicted molar refractivity (Wildman–Crippen MR) is 70.9 cm³/mol. The van der Waals surface area contributed by atoms with Crippen molar-refractivity contribution >= 4 is 5.76 Å². The summed E-state index contributed by atoms with van der Waals surface area (Å²) in [5, 5.41) is 10.0. The molecule has 1 unspecified atom stereocenters. The van der Waals surface area contributed by atoms with E-state index in [0.717, 1.165) is 16.7 Å². The Kier molecular flexibility index (Phi) is 2.52. The van der Waals surface area contributed by atoms with E-state index >= 15 is 0 Å². The van der Waals surface area contributed by atoms with Gasteiger partial charge in [-0.1, -0.05) is 30.3 Å². The molecule has 0 fully saturated rings. The normalized spacial score (nSPS) is 18.6. The summed E-state index contributed by atoms with van der Waals surface area (Å²) >= 11 is 0. The van der Waals surface area contributed by atoms with Gasteiger partial charge in [0, 0.05) is 30.3 Å². The van der Waals surface area contributed by atoms with Crippen LogP contribution in [0.3, 0.4) is 0 Å². The van der Waals surface area contributed by atoms with Crippen molar-refractivity contribution < 1.29 is 5.11 Å². The van der Waals surface area contributed by atoms with Crippen LogP contribution in [0.1, 0.15) is 29.0 Å². The van der Waals surface area contributed by atoms with Crippen molar-refractivity contribution in [3.63, 3.8) is 0 Å². The second-order valence-corrected chi connectivity index (χ2v) is 4.50. The Hall–Kier alpha value is -2.29. The highest BCUT2D eigenvalue weighted by atomic mass is 16.3. The first-order chi connectivity index (χ1) is 8.77. The van der Waals surface area contributed by atoms with Crippen LogP contribution in [0, 0.1) is 0 Å². The van der Waals surface area contributed by atoms with Crippen molar-refractivity contribution in [2.75, 3.05) is 0 Å². The monoisotopic (exact) mass is 238 g/mol. The Morgan fingerprint density at radius 2 is 2.00 bits per heavy atom. The molecule has 1 aromatic carbocycles. The molecule has 18 heavy (non-hydrogen) atoms.